The highest BCUT2D eigenvalue weighted by molar-refractivity contribution is 7.91. The number of rotatable bonds is 6. The van der Waals surface area contributed by atoms with E-state index in [1.807, 2.05) is 0 Å². The van der Waals surface area contributed by atoms with Gasteiger partial charge in [-0.15, -0.1) is 11.3 Å². The van der Waals surface area contributed by atoms with E-state index < -0.39 is 10.0 Å². The minimum Gasteiger partial charge on any atom is -0.334 e. The Kier molecular flexibility index (Phi) is 5.27. The van der Waals surface area contributed by atoms with Crippen LogP contribution in [0.25, 0.3) is 11.5 Å². The lowest BCUT2D eigenvalue weighted by atomic mass is 10.1. The van der Waals surface area contributed by atoms with Crippen molar-refractivity contribution < 1.29 is 12.9 Å². The predicted molar refractivity (Wildman–Crippen MR) is 102 cm³/mol. The van der Waals surface area contributed by atoms with E-state index >= 15 is 0 Å². The molecule has 0 bridgehead atoms. The predicted octanol–water partition coefficient (Wildman–Crippen LogP) is 3.63. The van der Waals surface area contributed by atoms with Gasteiger partial charge < -0.3 is 4.52 Å². The Labute approximate surface area is 166 Å². The zero-order valence-electron chi connectivity index (χ0n) is 14.3. The molecule has 4 heterocycles. The maximum Gasteiger partial charge on any atom is 0.258 e. The second kappa shape index (κ2) is 7.67. The number of sulfonamides is 1. The third kappa shape index (κ3) is 3.91. The van der Waals surface area contributed by atoms with Gasteiger partial charge in [0, 0.05) is 37.0 Å². The number of aromatic nitrogens is 3. The molecule has 0 aliphatic carbocycles. The molecule has 0 amide bonds. The van der Waals surface area contributed by atoms with Crippen LogP contribution in [0.2, 0.25) is 4.34 Å². The SMILES string of the molecule is O=S(=O)(c1ccc(Cl)s1)N1CCCC1CCc1noc(-c2ccncc2)n1. The molecule has 10 heteroatoms. The van der Waals surface area contributed by atoms with Crippen LogP contribution in [0.5, 0.6) is 0 Å². The molecule has 27 heavy (non-hydrogen) atoms. The monoisotopic (exact) mass is 424 g/mol. The lowest BCUT2D eigenvalue weighted by molar-refractivity contribution is 0.365. The van der Waals surface area contributed by atoms with E-state index in [1.54, 1.807) is 41.0 Å². The quantitative estimate of drug-likeness (QED) is 0.600. The first-order valence-corrected chi connectivity index (χ1v) is 11.2. The normalized spacial score (nSPS) is 18.2. The molecule has 1 saturated heterocycles. The molecule has 1 aliphatic rings. The van der Waals surface area contributed by atoms with E-state index in [9.17, 15) is 8.42 Å². The highest BCUT2D eigenvalue weighted by Gasteiger charge is 2.36. The number of aryl methyl sites for hydroxylation is 1. The van der Waals surface area contributed by atoms with Crippen molar-refractivity contribution in [1.29, 1.82) is 0 Å². The van der Waals surface area contributed by atoms with Crippen molar-refractivity contribution in [3.05, 3.63) is 46.8 Å². The summed E-state index contributed by atoms with van der Waals surface area (Å²) in [5.74, 6) is 1.02. The lowest BCUT2D eigenvalue weighted by Gasteiger charge is -2.22. The Morgan fingerprint density at radius 2 is 2.07 bits per heavy atom. The molecule has 3 aromatic heterocycles. The molecule has 4 rings (SSSR count). The molecule has 1 aliphatic heterocycles. The number of pyridine rings is 1. The molecule has 1 unspecified atom stereocenters. The summed E-state index contributed by atoms with van der Waals surface area (Å²) in [4.78, 5) is 8.37. The molecule has 0 aromatic carbocycles. The molecule has 1 fully saturated rings. The number of hydrogen-bond donors (Lipinski definition) is 0. The first-order valence-electron chi connectivity index (χ1n) is 8.54. The van der Waals surface area contributed by atoms with Gasteiger partial charge in [-0.2, -0.15) is 9.29 Å². The maximum absolute atomic E-state index is 12.9. The van der Waals surface area contributed by atoms with Crippen LogP contribution >= 0.6 is 22.9 Å². The third-order valence-corrected chi connectivity index (χ3v) is 8.18. The van der Waals surface area contributed by atoms with Crippen molar-refractivity contribution in [2.24, 2.45) is 0 Å². The number of halogens is 1. The minimum atomic E-state index is -3.51. The smallest absolute Gasteiger partial charge is 0.258 e. The molecule has 0 radical (unpaired) electrons. The molecule has 3 aromatic rings. The summed E-state index contributed by atoms with van der Waals surface area (Å²) in [6.45, 7) is 0.525. The largest absolute Gasteiger partial charge is 0.334 e. The summed E-state index contributed by atoms with van der Waals surface area (Å²) >= 11 is 7.00. The van der Waals surface area contributed by atoms with Crippen molar-refractivity contribution in [3.8, 4) is 11.5 Å². The zero-order valence-corrected chi connectivity index (χ0v) is 16.7. The van der Waals surface area contributed by atoms with Gasteiger partial charge in [-0.25, -0.2) is 8.42 Å². The first kappa shape index (κ1) is 18.5. The number of nitrogens with zero attached hydrogens (tertiary/aromatic N) is 4. The van der Waals surface area contributed by atoms with E-state index in [0.29, 0.717) is 39.6 Å². The van der Waals surface area contributed by atoms with Crippen molar-refractivity contribution in [3.63, 3.8) is 0 Å². The number of hydrogen-bond acceptors (Lipinski definition) is 7. The van der Waals surface area contributed by atoms with E-state index in [0.717, 1.165) is 29.7 Å². The fourth-order valence-electron chi connectivity index (χ4n) is 3.23. The summed E-state index contributed by atoms with van der Waals surface area (Å²) in [6.07, 6.45) is 6.20. The van der Waals surface area contributed by atoms with Gasteiger partial charge in [0.2, 0.25) is 0 Å². The van der Waals surface area contributed by atoms with Crippen LogP contribution in [0.4, 0.5) is 0 Å². The van der Waals surface area contributed by atoms with Gasteiger partial charge >= 0.3 is 0 Å². The summed E-state index contributed by atoms with van der Waals surface area (Å²) in [7, 11) is -3.51. The van der Waals surface area contributed by atoms with Gasteiger partial charge in [0.15, 0.2) is 5.82 Å². The van der Waals surface area contributed by atoms with Crippen molar-refractivity contribution in [1.82, 2.24) is 19.4 Å². The lowest BCUT2D eigenvalue weighted by Crippen LogP contribution is -2.35. The zero-order chi connectivity index (χ0) is 18.9. The second-order valence-corrected chi connectivity index (χ2v) is 10.1. The van der Waals surface area contributed by atoms with E-state index in [-0.39, 0.29) is 6.04 Å². The summed E-state index contributed by atoms with van der Waals surface area (Å²) in [6, 6.07) is 6.71. The molecular weight excluding hydrogens is 408 g/mol. The van der Waals surface area contributed by atoms with Gasteiger partial charge in [-0.3, -0.25) is 4.98 Å². The highest BCUT2D eigenvalue weighted by Crippen LogP contribution is 2.33. The Morgan fingerprint density at radius 1 is 1.26 bits per heavy atom. The van der Waals surface area contributed by atoms with Crippen molar-refractivity contribution >= 4 is 33.0 Å². The van der Waals surface area contributed by atoms with E-state index in [2.05, 4.69) is 15.1 Å². The van der Waals surface area contributed by atoms with Crippen LogP contribution in [-0.2, 0) is 16.4 Å². The molecule has 1 atom stereocenters. The average molecular weight is 425 g/mol. The van der Waals surface area contributed by atoms with Gasteiger partial charge in [0.1, 0.15) is 4.21 Å². The van der Waals surface area contributed by atoms with Gasteiger partial charge in [0.25, 0.3) is 15.9 Å². The molecule has 142 valence electrons. The van der Waals surface area contributed by atoms with Crippen LogP contribution in [0, 0.1) is 0 Å². The Hall–Kier alpha value is -1.81. The van der Waals surface area contributed by atoms with Crippen LogP contribution in [-0.4, -0.2) is 40.4 Å². The van der Waals surface area contributed by atoms with Crippen LogP contribution < -0.4 is 0 Å². The Balaban J connectivity index is 1.44. The second-order valence-electron chi connectivity index (χ2n) is 6.26. The van der Waals surface area contributed by atoms with E-state index in [1.165, 1.54) is 0 Å². The van der Waals surface area contributed by atoms with Crippen molar-refractivity contribution in [2.45, 2.75) is 35.9 Å². The summed E-state index contributed by atoms with van der Waals surface area (Å²) < 4.78 is 33.4. The summed E-state index contributed by atoms with van der Waals surface area (Å²) in [5.41, 5.74) is 0.809. The average Bonchev–Trinajstić information content (AvgIpc) is 3.41. The highest BCUT2D eigenvalue weighted by atomic mass is 35.5. The van der Waals surface area contributed by atoms with Gasteiger partial charge in [-0.1, -0.05) is 16.8 Å². The summed E-state index contributed by atoms with van der Waals surface area (Å²) in [5, 5.41) is 4.01. The van der Waals surface area contributed by atoms with Crippen LogP contribution in [0.3, 0.4) is 0 Å². The molecule has 0 saturated carbocycles. The Morgan fingerprint density at radius 3 is 2.81 bits per heavy atom. The molecule has 7 nitrogen and oxygen atoms in total. The van der Waals surface area contributed by atoms with Gasteiger partial charge in [0.05, 0.1) is 4.34 Å². The standard InChI is InChI=1S/C17H17ClN4O3S2/c18-14-4-6-16(26-14)27(23,24)22-11-1-2-13(22)3-5-15-20-17(25-21-15)12-7-9-19-10-8-12/h4,6-10,13H,1-3,5,11H2. The topological polar surface area (TPSA) is 89.2 Å². The van der Waals surface area contributed by atoms with Crippen LogP contribution in [0.1, 0.15) is 25.1 Å². The Bertz CT molecular complexity index is 1020. The maximum atomic E-state index is 12.9. The fourth-order valence-corrected chi connectivity index (χ4v) is 6.56. The van der Waals surface area contributed by atoms with Crippen molar-refractivity contribution in [2.75, 3.05) is 6.54 Å². The molecule has 0 spiro atoms. The van der Waals surface area contributed by atoms with Crippen LogP contribution in [0.15, 0.2) is 45.4 Å². The van der Waals surface area contributed by atoms with Gasteiger partial charge in [-0.05, 0) is 43.5 Å². The van der Waals surface area contributed by atoms with E-state index in [4.69, 9.17) is 16.1 Å². The minimum absolute atomic E-state index is 0.0706. The fraction of sp³-hybridized carbons (Fsp3) is 0.353. The third-order valence-electron chi connectivity index (χ3n) is 4.53. The molecule has 0 N–H and O–H groups in total. The molecular formula is C17H17ClN4O3S2. The number of thiophene rings is 1. The first-order chi connectivity index (χ1) is 13.0.